The number of hydrogen-bond acceptors (Lipinski definition) is 4. The van der Waals surface area contributed by atoms with Crippen molar-refractivity contribution in [2.45, 2.75) is 32.4 Å². The molecule has 6 heteroatoms. The molecule has 0 unspecified atom stereocenters. The fraction of sp³-hybridized carbons (Fsp3) is 0.226. The lowest BCUT2D eigenvalue weighted by Crippen LogP contribution is -2.34. The predicted molar refractivity (Wildman–Crippen MR) is 148 cm³/mol. The summed E-state index contributed by atoms with van der Waals surface area (Å²) in [5.74, 6) is -0.240. The van der Waals surface area contributed by atoms with Gasteiger partial charge in [0, 0.05) is 38.6 Å². The summed E-state index contributed by atoms with van der Waals surface area (Å²) in [5.41, 5.74) is 4.64. The highest BCUT2D eigenvalue weighted by Gasteiger charge is 2.26. The van der Waals surface area contributed by atoms with Crippen LogP contribution in [0.25, 0.3) is 0 Å². The van der Waals surface area contributed by atoms with E-state index in [9.17, 15) is 9.59 Å². The van der Waals surface area contributed by atoms with E-state index >= 15 is 0 Å². The first-order chi connectivity index (χ1) is 18.0. The number of furan rings is 1. The molecule has 3 aromatic carbocycles. The standard InChI is InChI=1S/C31H33N3O3/c1-4-27(24-14-9-6-10-15-24)31(36)34(21-23-12-7-5-8-13-23)22-25-20-26(17-18-28(25)33(2)3)32-30(35)29-16-11-19-37-29/h5-20,27H,4,21-22H2,1-3H3,(H,32,35)/t27-/m0/s1. The Morgan fingerprint density at radius 1 is 0.865 bits per heavy atom. The molecule has 0 bridgehead atoms. The van der Waals surface area contributed by atoms with Crippen molar-refractivity contribution in [3.05, 3.63) is 120 Å². The molecule has 0 fully saturated rings. The third-order valence-electron chi connectivity index (χ3n) is 6.36. The Morgan fingerprint density at radius 3 is 2.19 bits per heavy atom. The molecule has 1 atom stereocenters. The van der Waals surface area contributed by atoms with Gasteiger partial charge in [-0.2, -0.15) is 0 Å². The first kappa shape index (κ1) is 25.8. The van der Waals surface area contributed by atoms with Crippen molar-refractivity contribution in [1.29, 1.82) is 0 Å². The molecule has 4 aromatic rings. The van der Waals surface area contributed by atoms with E-state index in [2.05, 4.69) is 5.32 Å². The fourth-order valence-corrected chi connectivity index (χ4v) is 4.51. The Morgan fingerprint density at radius 2 is 1.57 bits per heavy atom. The number of hydrogen-bond donors (Lipinski definition) is 1. The van der Waals surface area contributed by atoms with E-state index in [0.29, 0.717) is 25.2 Å². The molecule has 6 nitrogen and oxygen atoms in total. The van der Waals surface area contributed by atoms with Crippen LogP contribution < -0.4 is 10.2 Å². The molecule has 2 amide bonds. The van der Waals surface area contributed by atoms with Gasteiger partial charge in [-0.15, -0.1) is 0 Å². The maximum Gasteiger partial charge on any atom is 0.291 e. The molecule has 0 aliphatic carbocycles. The molecule has 0 spiro atoms. The van der Waals surface area contributed by atoms with Crippen molar-refractivity contribution in [3.63, 3.8) is 0 Å². The topological polar surface area (TPSA) is 65.8 Å². The smallest absolute Gasteiger partial charge is 0.291 e. The molecule has 190 valence electrons. The van der Waals surface area contributed by atoms with Gasteiger partial charge in [-0.05, 0) is 53.4 Å². The molecule has 1 heterocycles. The average Bonchev–Trinajstić information content (AvgIpc) is 3.45. The van der Waals surface area contributed by atoms with Gasteiger partial charge in [-0.25, -0.2) is 0 Å². The summed E-state index contributed by atoms with van der Waals surface area (Å²) in [6, 6.07) is 29.0. The van der Waals surface area contributed by atoms with Crippen LogP contribution in [0.4, 0.5) is 11.4 Å². The van der Waals surface area contributed by atoms with Crippen LogP contribution >= 0.6 is 0 Å². The van der Waals surface area contributed by atoms with Gasteiger partial charge in [0.2, 0.25) is 5.91 Å². The minimum absolute atomic E-state index is 0.0762. The maximum atomic E-state index is 14.0. The molecule has 0 saturated heterocycles. The quantitative estimate of drug-likeness (QED) is 0.280. The largest absolute Gasteiger partial charge is 0.459 e. The van der Waals surface area contributed by atoms with Crippen LogP contribution in [-0.4, -0.2) is 30.8 Å². The van der Waals surface area contributed by atoms with Gasteiger partial charge >= 0.3 is 0 Å². The summed E-state index contributed by atoms with van der Waals surface area (Å²) in [4.78, 5) is 30.5. The minimum Gasteiger partial charge on any atom is -0.459 e. The van der Waals surface area contributed by atoms with E-state index in [1.807, 2.05) is 110 Å². The second kappa shape index (κ2) is 12.1. The van der Waals surface area contributed by atoms with E-state index in [0.717, 1.165) is 22.4 Å². The van der Waals surface area contributed by atoms with Crippen LogP contribution in [0, 0.1) is 0 Å². The number of nitrogens with zero attached hydrogens (tertiary/aromatic N) is 2. The molecule has 0 saturated carbocycles. The van der Waals surface area contributed by atoms with Gasteiger partial charge in [-0.1, -0.05) is 67.6 Å². The number of amides is 2. The van der Waals surface area contributed by atoms with Crippen LogP contribution in [0.3, 0.4) is 0 Å². The lowest BCUT2D eigenvalue weighted by molar-refractivity contribution is -0.134. The minimum atomic E-state index is -0.319. The van der Waals surface area contributed by atoms with Crippen molar-refractivity contribution in [3.8, 4) is 0 Å². The van der Waals surface area contributed by atoms with Crippen LogP contribution in [0.1, 0.15) is 46.5 Å². The first-order valence-corrected chi connectivity index (χ1v) is 12.5. The molecule has 0 aliphatic heterocycles. The zero-order valence-electron chi connectivity index (χ0n) is 21.6. The number of carbonyl (C=O) groups is 2. The Hall–Kier alpha value is -4.32. The molecule has 37 heavy (non-hydrogen) atoms. The normalized spacial score (nSPS) is 11.5. The monoisotopic (exact) mass is 495 g/mol. The third kappa shape index (κ3) is 6.47. The summed E-state index contributed by atoms with van der Waals surface area (Å²) in [6.45, 7) is 2.93. The lowest BCUT2D eigenvalue weighted by Gasteiger charge is -2.29. The molecule has 0 radical (unpaired) electrons. The Balaban J connectivity index is 1.67. The van der Waals surface area contributed by atoms with E-state index in [-0.39, 0.29) is 23.5 Å². The number of nitrogens with one attached hydrogen (secondary N) is 1. The SMILES string of the molecule is CC[C@H](C(=O)N(Cc1ccccc1)Cc1cc(NC(=O)c2ccco2)ccc1N(C)C)c1ccccc1. The van der Waals surface area contributed by atoms with Gasteiger partial charge in [0.25, 0.3) is 5.91 Å². The van der Waals surface area contributed by atoms with Gasteiger partial charge in [0.05, 0.1) is 12.2 Å². The Kier molecular flexibility index (Phi) is 8.41. The van der Waals surface area contributed by atoms with Crippen LogP contribution in [-0.2, 0) is 17.9 Å². The van der Waals surface area contributed by atoms with E-state index < -0.39 is 0 Å². The Labute approximate surface area is 218 Å². The zero-order chi connectivity index (χ0) is 26.2. The fourth-order valence-electron chi connectivity index (χ4n) is 4.51. The van der Waals surface area contributed by atoms with Crippen LogP contribution in [0.5, 0.6) is 0 Å². The highest BCUT2D eigenvalue weighted by Crippen LogP contribution is 2.29. The second-order valence-electron chi connectivity index (χ2n) is 9.22. The van der Waals surface area contributed by atoms with Crippen molar-refractivity contribution in [2.75, 3.05) is 24.3 Å². The molecule has 1 aromatic heterocycles. The first-order valence-electron chi connectivity index (χ1n) is 12.5. The molecule has 4 rings (SSSR count). The molecular formula is C31H33N3O3. The van der Waals surface area contributed by atoms with E-state index in [1.165, 1.54) is 6.26 Å². The number of benzene rings is 3. The van der Waals surface area contributed by atoms with Crippen LogP contribution in [0.15, 0.2) is 102 Å². The maximum absolute atomic E-state index is 14.0. The van der Waals surface area contributed by atoms with E-state index in [1.54, 1.807) is 12.1 Å². The number of carbonyl (C=O) groups excluding carboxylic acids is 2. The van der Waals surface area contributed by atoms with Gasteiger partial charge < -0.3 is 19.5 Å². The summed E-state index contributed by atoms with van der Waals surface area (Å²) in [6.07, 6.45) is 2.17. The van der Waals surface area contributed by atoms with Gasteiger partial charge in [0.1, 0.15) is 0 Å². The highest BCUT2D eigenvalue weighted by molar-refractivity contribution is 6.02. The summed E-state index contributed by atoms with van der Waals surface area (Å²) >= 11 is 0. The molecular weight excluding hydrogens is 462 g/mol. The lowest BCUT2D eigenvalue weighted by atomic mass is 9.94. The van der Waals surface area contributed by atoms with Crippen molar-refractivity contribution in [2.24, 2.45) is 0 Å². The third-order valence-corrected chi connectivity index (χ3v) is 6.36. The molecule has 1 N–H and O–H groups in total. The van der Waals surface area contributed by atoms with Crippen LogP contribution in [0.2, 0.25) is 0 Å². The summed E-state index contributed by atoms with van der Waals surface area (Å²) in [7, 11) is 3.95. The number of anilines is 2. The zero-order valence-corrected chi connectivity index (χ0v) is 21.6. The van der Waals surface area contributed by atoms with E-state index in [4.69, 9.17) is 4.42 Å². The predicted octanol–water partition coefficient (Wildman–Crippen LogP) is 6.32. The highest BCUT2D eigenvalue weighted by atomic mass is 16.3. The van der Waals surface area contributed by atoms with Crippen molar-refractivity contribution >= 4 is 23.2 Å². The summed E-state index contributed by atoms with van der Waals surface area (Å²) < 4.78 is 5.23. The average molecular weight is 496 g/mol. The molecule has 0 aliphatic rings. The van der Waals surface area contributed by atoms with Crippen molar-refractivity contribution in [1.82, 2.24) is 4.90 Å². The van der Waals surface area contributed by atoms with Gasteiger partial charge in [0.15, 0.2) is 5.76 Å². The number of rotatable bonds is 10. The van der Waals surface area contributed by atoms with Gasteiger partial charge in [-0.3, -0.25) is 9.59 Å². The second-order valence-corrected chi connectivity index (χ2v) is 9.22. The Bertz CT molecular complexity index is 1300. The van der Waals surface area contributed by atoms with Crippen molar-refractivity contribution < 1.29 is 14.0 Å². The summed E-state index contributed by atoms with van der Waals surface area (Å²) in [5, 5.41) is 2.91.